The van der Waals surface area contributed by atoms with Gasteiger partial charge in [-0.1, -0.05) is 27.7 Å². The monoisotopic (exact) mass is 273 g/mol. The molecule has 0 aliphatic carbocycles. The summed E-state index contributed by atoms with van der Waals surface area (Å²) in [4.78, 5) is 11.9. The van der Waals surface area contributed by atoms with Gasteiger partial charge in [0.15, 0.2) is 0 Å². The summed E-state index contributed by atoms with van der Waals surface area (Å²) >= 11 is 0. The Bertz CT molecular complexity index is 261. The molecular weight excluding hydrogens is 242 g/mol. The largest absolute Gasteiger partial charge is 0.465 e. The summed E-state index contributed by atoms with van der Waals surface area (Å²) < 4.78 is 10.7. The Hall–Kier alpha value is -0.610. The van der Waals surface area contributed by atoms with Crippen molar-refractivity contribution in [2.45, 2.75) is 59.9 Å². The molecule has 0 heterocycles. The second-order valence-electron chi connectivity index (χ2n) is 6.26. The molecule has 1 atom stereocenters. The van der Waals surface area contributed by atoms with Gasteiger partial charge in [0.1, 0.15) is 5.54 Å². The second-order valence-corrected chi connectivity index (χ2v) is 6.26. The number of rotatable bonds is 9. The molecule has 0 fully saturated rings. The fourth-order valence-corrected chi connectivity index (χ4v) is 1.70. The smallest absolute Gasteiger partial charge is 0.326 e. The Morgan fingerprint density at radius 2 is 1.63 bits per heavy atom. The molecule has 4 heteroatoms. The van der Waals surface area contributed by atoms with Gasteiger partial charge in [0.2, 0.25) is 0 Å². The molecule has 114 valence electrons. The van der Waals surface area contributed by atoms with Crippen LogP contribution in [0.25, 0.3) is 0 Å². The Labute approximate surface area is 118 Å². The molecule has 0 saturated carbocycles. The van der Waals surface area contributed by atoms with Crippen LogP contribution in [-0.4, -0.2) is 37.9 Å². The molecule has 0 radical (unpaired) electrons. The average molecular weight is 273 g/mol. The molecule has 0 bridgehead atoms. The van der Waals surface area contributed by atoms with Gasteiger partial charge in [-0.05, 0) is 38.6 Å². The molecule has 0 amide bonds. The first-order chi connectivity index (χ1) is 8.75. The van der Waals surface area contributed by atoms with Crippen LogP contribution in [0.15, 0.2) is 0 Å². The van der Waals surface area contributed by atoms with E-state index in [9.17, 15) is 4.79 Å². The van der Waals surface area contributed by atoms with Crippen molar-refractivity contribution in [3.05, 3.63) is 0 Å². The summed E-state index contributed by atoms with van der Waals surface area (Å²) in [6, 6.07) is 0. The maximum atomic E-state index is 11.9. The second kappa shape index (κ2) is 8.54. The third kappa shape index (κ3) is 8.22. The molecule has 0 aromatic carbocycles. The van der Waals surface area contributed by atoms with Crippen LogP contribution in [0.5, 0.6) is 0 Å². The number of carbonyl (C=O) groups excluding carboxylic acids is 1. The van der Waals surface area contributed by atoms with Crippen molar-refractivity contribution in [1.82, 2.24) is 5.32 Å². The zero-order valence-corrected chi connectivity index (χ0v) is 13.5. The van der Waals surface area contributed by atoms with E-state index in [1.807, 2.05) is 20.8 Å². The fraction of sp³-hybridized carbons (Fsp3) is 0.933. The SMILES string of the molecule is CCNC(C)(CCOCCC(C)(C)C)C(=O)OCC. The van der Waals surface area contributed by atoms with Gasteiger partial charge < -0.3 is 14.8 Å². The molecule has 0 spiro atoms. The molecule has 0 saturated heterocycles. The molecule has 0 aromatic rings. The van der Waals surface area contributed by atoms with E-state index in [1.54, 1.807) is 0 Å². The third-order valence-corrected chi connectivity index (χ3v) is 3.04. The van der Waals surface area contributed by atoms with Crippen LogP contribution in [0.1, 0.15) is 54.4 Å². The summed E-state index contributed by atoms with van der Waals surface area (Å²) in [5, 5.41) is 3.20. The molecule has 1 N–H and O–H groups in total. The van der Waals surface area contributed by atoms with Crippen LogP contribution in [0.4, 0.5) is 0 Å². The maximum Gasteiger partial charge on any atom is 0.326 e. The molecule has 0 rings (SSSR count). The van der Waals surface area contributed by atoms with Gasteiger partial charge in [-0.2, -0.15) is 0 Å². The van der Waals surface area contributed by atoms with Crippen LogP contribution in [0.3, 0.4) is 0 Å². The quantitative estimate of drug-likeness (QED) is 0.518. The molecular formula is C15H31NO3. The number of likely N-dealkylation sites (N-methyl/N-ethyl adjacent to an activating group) is 1. The topological polar surface area (TPSA) is 47.6 Å². The number of hydrogen-bond donors (Lipinski definition) is 1. The molecule has 0 aliphatic heterocycles. The van der Waals surface area contributed by atoms with E-state index < -0.39 is 5.54 Å². The Balaban J connectivity index is 4.11. The number of nitrogens with one attached hydrogen (secondary N) is 1. The minimum atomic E-state index is -0.646. The van der Waals surface area contributed by atoms with E-state index in [0.29, 0.717) is 19.6 Å². The van der Waals surface area contributed by atoms with Crippen molar-refractivity contribution >= 4 is 5.97 Å². The predicted molar refractivity (Wildman–Crippen MR) is 78.2 cm³/mol. The minimum absolute atomic E-state index is 0.198. The number of carbonyl (C=O) groups is 1. The first-order valence-corrected chi connectivity index (χ1v) is 7.25. The van der Waals surface area contributed by atoms with E-state index in [0.717, 1.165) is 19.6 Å². The van der Waals surface area contributed by atoms with E-state index in [4.69, 9.17) is 9.47 Å². The molecule has 4 nitrogen and oxygen atoms in total. The fourth-order valence-electron chi connectivity index (χ4n) is 1.70. The van der Waals surface area contributed by atoms with Crippen LogP contribution < -0.4 is 5.32 Å². The summed E-state index contributed by atoms with van der Waals surface area (Å²) in [6.07, 6.45) is 1.65. The normalized spacial score (nSPS) is 15.1. The van der Waals surface area contributed by atoms with Crippen LogP contribution in [0, 0.1) is 5.41 Å². The summed E-state index contributed by atoms with van der Waals surface area (Å²) in [5.41, 5.74) is -0.362. The van der Waals surface area contributed by atoms with Crippen LogP contribution in [-0.2, 0) is 14.3 Å². The lowest BCUT2D eigenvalue weighted by Gasteiger charge is -2.28. The van der Waals surface area contributed by atoms with Crippen LogP contribution in [0.2, 0.25) is 0 Å². The number of hydrogen-bond acceptors (Lipinski definition) is 4. The Kier molecular flexibility index (Phi) is 8.26. The summed E-state index contributed by atoms with van der Waals surface area (Å²) in [5.74, 6) is -0.198. The van der Waals surface area contributed by atoms with E-state index in [1.165, 1.54) is 0 Å². The van der Waals surface area contributed by atoms with Crippen molar-refractivity contribution in [1.29, 1.82) is 0 Å². The molecule has 0 aromatic heterocycles. The van der Waals surface area contributed by atoms with Gasteiger partial charge in [0.25, 0.3) is 0 Å². The van der Waals surface area contributed by atoms with Crippen molar-refractivity contribution in [2.24, 2.45) is 5.41 Å². The zero-order valence-electron chi connectivity index (χ0n) is 13.5. The van der Waals surface area contributed by atoms with Gasteiger partial charge in [0.05, 0.1) is 6.61 Å². The highest BCUT2D eigenvalue weighted by Gasteiger charge is 2.33. The highest BCUT2D eigenvalue weighted by molar-refractivity contribution is 5.80. The lowest BCUT2D eigenvalue weighted by atomic mass is 9.93. The third-order valence-electron chi connectivity index (χ3n) is 3.04. The first kappa shape index (κ1) is 18.4. The Morgan fingerprint density at radius 1 is 1.05 bits per heavy atom. The van der Waals surface area contributed by atoms with E-state index in [-0.39, 0.29) is 11.4 Å². The van der Waals surface area contributed by atoms with Gasteiger partial charge in [0, 0.05) is 13.2 Å². The highest BCUT2D eigenvalue weighted by Crippen LogP contribution is 2.18. The van der Waals surface area contributed by atoms with Crippen molar-refractivity contribution in [3.63, 3.8) is 0 Å². The maximum absolute atomic E-state index is 11.9. The number of ether oxygens (including phenoxy) is 2. The Morgan fingerprint density at radius 3 is 2.11 bits per heavy atom. The standard InChI is InChI=1S/C15H31NO3/c1-7-16-15(6,13(17)19-8-2)10-12-18-11-9-14(3,4)5/h16H,7-12H2,1-6H3. The lowest BCUT2D eigenvalue weighted by Crippen LogP contribution is -2.51. The lowest BCUT2D eigenvalue weighted by molar-refractivity contribution is -0.151. The predicted octanol–water partition coefficient (Wildman–Crippen LogP) is 2.76. The average Bonchev–Trinajstić information content (AvgIpc) is 2.27. The molecule has 19 heavy (non-hydrogen) atoms. The highest BCUT2D eigenvalue weighted by atomic mass is 16.5. The van der Waals surface area contributed by atoms with Gasteiger partial charge >= 0.3 is 5.97 Å². The van der Waals surface area contributed by atoms with Gasteiger partial charge in [-0.25, -0.2) is 0 Å². The first-order valence-electron chi connectivity index (χ1n) is 7.25. The van der Waals surface area contributed by atoms with Gasteiger partial charge in [-0.3, -0.25) is 4.79 Å². The zero-order chi connectivity index (χ0) is 14.9. The molecule has 1 unspecified atom stereocenters. The van der Waals surface area contributed by atoms with Gasteiger partial charge in [-0.15, -0.1) is 0 Å². The number of esters is 1. The summed E-state index contributed by atoms with van der Waals surface area (Å²) in [6.45, 7) is 14.7. The minimum Gasteiger partial charge on any atom is -0.465 e. The van der Waals surface area contributed by atoms with Crippen molar-refractivity contribution < 1.29 is 14.3 Å². The van der Waals surface area contributed by atoms with Crippen LogP contribution >= 0.6 is 0 Å². The molecule has 0 aliphatic rings. The van der Waals surface area contributed by atoms with Crippen molar-refractivity contribution in [2.75, 3.05) is 26.4 Å². The summed E-state index contributed by atoms with van der Waals surface area (Å²) in [7, 11) is 0. The van der Waals surface area contributed by atoms with E-state index in [2.05, 4.69) is 26.1 Å². The van der Waals surface area contributed by atoms with Crippen molar-refractivity contribution in [3.8, 4) is 0 Å². The van der Waals surface area contributed by atoms with E-state index >= 15 is 0 Å².